The number of rotatable bonds is 4. The number of aliphatic hydroxyl groups is 2. The summed E-state index contributed by atoms with van der Waals surface area (Å²) in [6.45, 7) is 0.171. The Bertz CT molecular complexity index is 452. The summed E-state index contributed by atoms with van der Waals surface area (Å²) in [6.07, 6.45) is 0. The first-order valence-electron chi connectivity index (χ1n) is 5.40. The fourth-order valence-corrected chi connectivity index (χ4v) is 4.60. The topological polar surface area (TPSA) is 40.5 Å². The van der Waals surface area contributed by atoms with Gasteiger partial charge in [-0.25, -0.2) is 0 Å². The van der Waals surface area contributed by atoms with Crippen LogP contribution < -0.4 is 7.22 Å². The maximum absolute atomic E-state index is 9.29. The van der Waals surface area contributed by atoms with Crippen LogP contribution in [0.25, 0.3) is 0 Å². The summed E-state index contributed by atoms with van der Waals surface area (Å²) in [5.74, 6) is 0. The molecule has 2 rings (SSSR count). The van der Waals surface area contributed by atoms with E-state index in [1.165, 1.54) is 7.22 Å². The van der Waals surface area contributed by atoms with E-state index in [-0.39, 0.29) is 13.2 Å². The Hall–Kier alpha value is -0.850. The molecule has 0 aliphatic carbocycles. The molecule has 0 radical (unpaired) electrons. The van der Waals surface area contributed by atoms with Gasteiger partial charge >= 0.3 is 111 Å². The first-order chi connectivity index (χ1) is 8.35. The molecule has 2 aromatic carbocycles. The molecule has 2 N–H and O–H groups in total. The molecule has 88 valence electrons. The van der Waals surface area contributed by atoms with E-state index in [1.807, 2.05) is 36.4 Å². The summed E-state index contributed by atoms with van der Waals surface area (Å²) in [4.78, 5) is 0. The number of benzene rings is 2. The second kappa shape index (κ2) is 6.18. The van der Waals surface area contributed by atoms with Crippen molar-refractivity contribution in [3.05, 3.63) is 59.7 Å². The summed E-state index contributed by atoms with van der Waals surface area (Å²) < 4.78 is 2.47. The molecule has 0 spiro atoms. The quantitative estimate of drug-likeness (QED) is 0.787. The molecule has 0 fully saturated rings. The van der Waals surface area contributed by atoms with Crippen LogP contribution in [0, 0.1) is 0 Å². The fourth-order valence-electron chi connectivity index (χ4n) is 1.59. The number of hydrogen-bond donors (Lipinski definition) is 2. The summed E-state index contributed by atoms with van der Waals surface area (Å²) in [5, 5.41) is 18.6. The molecule has 0 saturated heterocycles. The van der Waals surface area contributed by atoms with Crippen molar-refractivity contribution < 1.29 is 10.2 Å². The van der Waals surface area contributed by atoms with E-state index in [0.29, 0.717) is 0 Å². The van der Waals surface area contributed by atoms with E-state index in [0.717, 1.165) is 11.1 Å². The zero-order chi connectivity index (χ0) is 12.1. The van der Waals surface area contributed by atoms with Gasteiger partial charge in [0.15, 0.2) is 0 Å². The van der Waals surface area contributed by atoms with E-state index < -0.39 is 20.9 Å². The van der Waals surface area contributed by atoms with Gasteiger partial charge in [0.1, 0.15) is 0 Å². The predicted octanol–water partition coefficient (Wildman–Crippen LogP) is 0.326. The van der Waals surface area contributed by atoms with Gasteiger partial charge in [0.2, 0.25) is 0 Å². The normalized spacial score (nSPS) is 10.5. The van der Waals surface area contributed by atoms with Crippen LogP contribution in [0.15, 0.2) is 48.5 Å². The second-order valence-electron chi connectivity index (χ2n) is 3.63. The van der Waals surface area contributed by atoms with Crippen molar-refractivity contribution in [2.45, 2.75) is 13.2 Å². The molecule has 0 unspecified atom stereocenters. The Labute approximate surface area is 111 Å². The first kappa shape index (κ1) is 12.6. The van der Waals surface area contributed by atoms with Crippen LogP contribution in [-0.4, -0.2) is 31.1 Å². The van der Waals surface area contributed by atoms with E-state index in [1.54, 1.807) is 0 Å². The Kier molecular flexibility index (Phi) is 4.58. The summed E-state index contributed by atoms with van der Waals surface area (Å²) >= 11 is -0.546. The summed E-state index contributed by atoms with van der Waals surface area (Å²) in [5.41, 5.74) is 2.00. The molecule has 2 aromatic rings. The average Bonchev–Trinajstić information content (AvgIpc) is 2.40. The van der Waals surface area contributed by atoms with Crippen LogP contribution in [0.5, 0.6) is 0 Å². The Balaban J connectivity index is 2.31. The molecule has 0 amide bonds. The Morgan fingerprint density at radius 3 is 1.53 bits per heavy atom. The van der Waals surface area contributed by atoms with Crippen LogP contribution in [0.3, 0.4) is 0 Å². The van der Waals surface area contributed by atoms with E-state index in [2.05, 4.69) is 12.1 Å². The molecule has 0 aliphatic heterocycles. The van der Waals surface area contributed by atoms with Crippen LogP contribution in [0.4, 0.5) is 0 Å². The zero-order valence-electron chi connectivity index (χ0n) is 9.34. The van der Waals surface area contributed by atoms with Gasteiger partial charge in [0.25, 0.3) is 0 Å². The molecule has 0 bridgehead atoms. The van der Waals surface area contributed by atoms with Crippen molar-refractivity contribution in [3.63, 3.8) is 0 Å². The molecule has 0 atom stereocenters. The molecule has 0 aromatic heterocycles. The Morgan fingerprint density at radius 2 is 1.12 bits per heavy atom. The third-order valence-corrected chi connectivity index (χ3v) is 6.03. The predicted molar refractivity (Wildman–Crippen MR) is 69.8 cm³/mol. The number of hydrogen-bond acceptors (Lipinski definition) is 2. The van der Waals surface area contributed by atoms with Gasteiger partial charge in [-0.2, -0.15) is 0 Å². The van der Waals surface area contributed by atoms with Gasteiger partial charge < -0.3 is 0 Å². The van der Waals surface area contributed by atoms with Crippen molar-refractivity contribution in [2.75, 3.05) is 0 Å². The summed E-state index contributed by atoms with van der Waals surface area (Å²) in [7, 11) is 0. The van der Waals surface area contributed by atoms with Gasteiger partial charge in [-0.05, 0) is 0 Å². The van der Waals surface area contributed by atoms with Crippen molar-refractivity contribution >= 4 is 28.1 Å². The third-order valence-electron chi connectivity index (χ3n) is 2.51. The van der Waals surface area contributed by atoms with Gasteiger partial charge in [-0.15, -0.1) is 0 Å². The molecule has 17 heavy (non-hydrogen) atoms. The van der Waals surface area contributed by atoms with Crippen LogP contribution in [-0.2, 0) is 13.2 Å². The molecular formula is C14H14O2Te. The van der Waals surface area contributed by atoms with Gasteiger partial charge in [-0.3, -0.25) is 0 Å². The van der Waals surface area contributed by atoms with Crippen molar-refractivity contribution in [2.24, 2.45) is 0 Å². The molecular weight excluding hydrogens is 328 g/mol. The fraction of sp³-hybridized carbons (Fsp3) is 0.143. The van der Waals surface area contributed by atoms with Crippen LogP contribution in [0.2, 0.25) is 0 Å². The minimum absolute atomic E-state index is 0.0855. The molecule has 0 heterocycles. The molecule has 0 aliphatic rings. The summed E-state index contributed by atoms with van der Waals surface area (Å²) in [6, 6.07) is 16.0. The van der Waals surface area contributed by atoms with Crippen LogP contribution in [0.1, 0.15) is 11.1 Å². The maximum atomic E-state index is 9.29. The third kappa shape index (κ3) is 3.08. The van der Waals surface area contributed by atoms with E-state index >= 15 is 0 Å². The molecule has 0 saturated carbocycles. The SMILES string of the molecule is OCc1ccccc1[Te]c1ccccc1CO. The first-order valence-corrected chi connectivity index (χ1v) is 7.73. The van der Waals surface area contributed by atoms with E-state index in [4.69, 9.17) is 0 Å². The van der Waals surface area contributed by atoms with Gasteiger partial charge in [-0.1, -0.05) is 0 Å². The minimum atomic E-state index is -0.546. The average molecular weight is 342 g/mol. The van der Waals surface area contributed by atoms with Crippen molar-refractivity contribution in [1.82, 2.24) is 0 Å². The van der Waals surface area contributed by atoms with Gasteiger partial charge in [0.05, 0.1) is 0 Å². The number of aliphatic hydroxyl groups excluding tert-OH is 2. The van der Waals surface area contributed by atoms with E-state index in [9.17, 15) is 10.2 Å². The van der Waals surface area contributed by atoms with Gasteiger partial charge in [0, 0.05) is 0 Å². The van der Waals surface area contributed by atoms with Crippen LogP contribution >= 0.6 is 0 Å². The Morgan fingerprint density at radius 1 is 0.706 bits per heavy atom. The monoisotopic (exact) mass is 344 g/mol. The van der Waals surface area contributed by atoms with Crippen molar-refractivity contribution in [3.8, 4) is 0 Å². The standard InChI is InChI=1S/C14H14O2Te/c15-9-11-5-1-3-7-13(11)17-14-8-4-2-6-12(14)10-16/h1-8,15-16H,9-10H2. The van der Waals surface area contributed by atoms with Crippen molar-refractivity contribution in [1.29, 1.82) is 0 Å². The molecule has 2 nitrogen and oxygen atoms in total. The zero-order valence-corrected chi connectivity index (χ0v) is 11.7. The molecule has 3 heteroatoms. The second-order valence-corrected chi connectivity index (χ2v) is 6.73.